The molecule has 2 aromatic carbocycles. The second-order valence-corrected chi connectivity index (χ2v) is 5.23. The van der Waals surface area contributed by atoms with Crippen molar-refractivity contribution in [3.8, 4) is 0 Å². The summed E-state index contributed by atoms with van der Waals surface area (Å²) in [5.74, 6) is -0.797. The Morgan fingerprint density at radius 1 is 0.769 bits per heavy atom. The molecule has 2 aromatic rings. The molecule has 0 heterocycles. The van der Waals surface area contributed by atoms with Crippen LogP contribution in [0.2, 0.25) is 0 Å². The van der Waals surface area contributed by atoms with Crippen LogP contribution >= 0.6 is 0 Å². The number of methoxy groups -OCH3 is 2. The van der Waals surface area contributed by atoms with Crippen LogP contribution in [0.15, 0.2) is 58.5 Å². The molecule has 0 aliphatic rings. The van der Waals surface area contributed by atoms with Crippen molar-refractivity contribution < 1.29 is 19.1 Å². The summed E-state index contributed by atoms with van der Waals surface area (Å²) in [6.07, 6.45) is 3.26. The Labute approximate surface area is 152 Å². The topological polar surface area (TPSA) is 77.3 Å². The van der Waals surface area contributed by atoms with Gasteiger partial charge in [0.25, 0.3) is 0 Å². The highest BCUT2D eigenvalue weighted by Crippen LogP contribution is 2.08. The molecule has 0 saturated carbocycles. The van der Waals surface area contributed by atoms with Gasteiger partial charge in [0.1, 0.15) is 0 Å². The third-order valence-electron chi connectivity index (χ3n) is 3.55. The molecule has 0 spiro atoms. The molecule has 2 rings (SSSR count). The van der Waals surface area contributed by atoms with Gasteiger partial charge in [-0.1, -0.05) is 36.4 Å². The zero-order valence-corrected chi connectivity index (χ0v) is 14.7. The van der Waals surface area contributed by atoms with Crippen molar-refractivity contribution >= 4 is 24.4 Å². The highest BCUT2D eigenvalue weighted by Gasteiger charge is 2.09. The fourth-order valence-electron chi connectivity index (χ4n) is 2.25. The van der Waals surface area contributed by atoms with Gasteiger partial charge in [0.05, 0.1) is 38.4 Å². The molecule has 0 bridgehead atoms. The van der Waals surface area contributed by atoms with E-state index in [1.807, 2.05) is 12.1 Å². The third kappa shape index (κ3) is 5.11. The van der Waals surface area contributed by atoms with Gasteiger partial charge in [0.2, 0.25) is 0 Å². The van der Waals surface area contributed by atoms with Gasteiger partial charge in [0, 0.05) is 23.6 Å². The Hall–Kier alpha value is -3.28. The Kier molecular flexibility index (Phi) is 7.24. The molecule has 0 amide bonds. The molecule has 0 fully saturated rings. The van der Waals surface area contributed by atoms with Crippen LogP contribution in [0.5, 0.6) is 0 Å². The van der Waals surface area contributed by atoms with E-state index in [-0.39, 0.29) is 0 Å². The molecular formula is C20H20N2O4. The minimum atomic E-state index is -0.399. The van der Waals surface area contributed by atoms with Crippen LogP contribution < -0.4 is 0 Å². The predicted molar refractivity (Wildman–Crippen MR) is 100 cm³/mol. The number of esters is 2. The van der Waals surface area contributed by atoms with Gasteiger partial charge in [-0.15, -0.1) is 0 Å². The van der Waals surface area contributed by atoms with Crippen LogP contribution in [0, 0.1) is 0 Å². The summed E-state index contributed by atoms with van der Waals surface area (Å²) < 4.78 is 9.50. The number of carbonyl (C=O) groups is 2. The molecule has 0 saturated heterocycles. The largest absolute Gasteiger partial charge is 0.465 e. The van der Waals surface area contributed by atoms with E-state index >= 15 is 0 Å². The van der Waals surface area contributed by atoms with Crippen LogP contribution in [0.25, 0.3) is 0 Å². The van der Waals surface area contributed by atoms with E-state index in [1.165, 1.54) is 14.2 Å². The molecular weight excluding hydrogens is 332 g/mol. The molecule has 0 aromatic heterocycles. The Balaban J connectivity index is 1.96. The van der Waals surface area contributed by atoms with Crippen LogP contribution in [0.4, 0.5) is 0 Å². The third-order valence-corrected chi connectivity index (χ3v) is 3.55. The number of benzene rings is 2. The van der Waals surface area contributed by atoms with E-state index in [1.54, 1.807) is 48.8 Å². The Bertz CT molecular complexity index is 759. The smallest absolute Gasteiger partial charge is 0.338 e. The summed E-state index contributed by atoms with van der Waals surface area (Å²) in [4.78, 5) is 32.0. The fraction of sp³-hybridized carbons (Fsp3) is 0.200. The number of carbonyl (C=O) groups excluding carboxylic acids is 2. The van der Waals surface area contributed by atoms with Crippen molar-refractivity contribution in [1.82, 2.24) is 0 Å². The molecule has 0 atom stereocenters. The number of hydrogen-bond acceptors (Lipinski definition) is 6. The van der Waals surface area contributed by atoms with Gasteiger partial charge in [-0.25, -0.2) is 9.59 Å². The molecule has 0 unspecified atom stereocenters. The standard InChI is InChI=1S/C20H20N2O4/c1-25-19(23)17-9-5-3-7-15(17)13-21-11-12-22-14-16-8-4-6-10-18(16)20(24)26-2/h3-10,13-14H,11-12H2,1-2H3. The lowest BCUT2D eigenvalue weighted by Gasteiger charge is -2.03. The first kappa shape index (κ1) is 19.1. The van der Waals surface area contributed by atoms with Gasteiger partial charge < -0.3 is 9.47 Å². The number of aliphatic imine (C=N–C) groups is 2. The van der Waals surface area contributed by atoms with Crippen molar-refractivity contribution in [2.75, 3.05) is 27.3 Å². The SMILES string of the molecule is COC(=O)c1ccccc1C=NCCN=Cc1ccccc1C(=O)OC. The normalized spacial score (nSPS) is 11.0. The zero-order chi connectivity index (χ0) is 18.8. The zero-order valence-electron chi connectivity index (χ0n) is 14.7. The van der Waals surface area contributed by atoms with Crippen LogP contribution in [-0.2, 0) is 9.47 Å². The van der Waals surface area contributed by atoms with E-state index < -0.39 is 11.9 Å². The van der Waals surface area contributed by atoms with Crippen LogP contribution in [0.3, 0.4) is 0 Å². The first-order valence-corrected chi connectivity index (χ1v) is 8.01. The van der Waals surface area contributed by atoms with Gasteiger partial charge in [-0.2, -0.15) is 0 Å². The number of rotatable bonds is 7. The van der Waals surface area contributed by atoms with E-state index in [0.717, 1.165) is 0 Å². The van der Waals surface area contributed by atoms with Crippen molar-refractivity contribution in [3.05, 3.63) is 70.8 Å². The molecule has 134 valence electrons. The summed E-state index contributed by atoms with van der Waals surface area (Å²) in [5, 5.41) is 0. The number of ether oxygens (including phenoxy) is 2. The maximum atomic E-state index is 11.7. The minimum absolute atomic E-state index is 0.399. The lowest BCUT2D eigenvalue weighted by molar-refractivity contribution is 0.0591. The predicted octanol–water partition coefficient (Wildman–Crippen LogP) is 2.80. The summed E-state index contributed by atoms with van der Waals surface area (Å²) in [7, 11) is 2.69. The van der Waals surface area contributed by atoms with E-state index in [2.05, 4.69) is 9.98 Å². The Morgan fingerprint density at radius 2 is 1.15 bits per heavy atom. The van der Waals surface area contributed by atoms with E-state index in [0.29, 0.717) is 35.3 Å². The van der Waals surface area contributed by atoms with Crippen molar-refractivity contribution in [3.63, 3.8) is 0 Å². The molecule has 0 N–H and O–H groups in total. The molecule has 0 aliphatic carbocycles. The molecule has 6 nitrogen and oxygen atoms in total. The first-order chi connectivity index (χ1) is 12.7. The second kappa shape index (κ2) is 9.88. The van der Waals surface area contributed by atoms with Crippen molar-refractivity contribution in [1.29, 1.82) is 0 Å². The van der Waals surface area contributed by atoms with Crippen LogP contribution in [-0.4, -0.2) is 51.7 Å². The molecule has 0 aliphatic heterocycles. The van der Waals surface area contributed by atoms with Gasteiger partial charge in [-0.05, 0) is 12.1 Å². The average molecular weight is 352 g/mol. The monoisotopic (exact) mass is 352 g/mol. The molecule has 26 heavy (non-hydrogen) atoms. The van der Waals surface area contributed by atoms with Crippen LogP contribution in [0.1, 0.15) is 31.8 Å². The highest BCUT2D eigenvalue weighted by atomic mass is 16.5. The van der Waals surface area contributed by atoms with Crippen molar-refractivity contribution in [2.45, 2.75) is 0 Å². The van der Waals surface area contributed by atoms with E-state index in [4.69, 9.17) is 9.47 Å². The number of hydrogen-bond donors (Lipinski definition) is 0. The average Bonchev–Trinajstić information content (AvgIpc) is 2.70. The molecule has 6 heteroatoms. The highest BCUT2D eigenvalue weighted by molar-refractivity contribution is 6.00. The lowest BCUT2D eigenvalue weighted by Crippen LogP contribution is -2.05. The first-order valence-electron chi connectivity index (χ1n) is 8.01. The summed E-state index contributed by atoms with van der Waals surface area (Å²) in [6.45, 7) is 0.902. The quantitative estimate of drug-likeness (QED) is 0.436. The lowest BCUT2D eigenvalue weighted by atomic mass is 10.1. The minimum Gasteiger partial charge on any atom is -0.465 e. The van der Waals surface area contributed by atoms with Crippen molar-refractivity contribution in [2.24, 2.45) is 9.98 Å². The summed E-state index contributed by atoms with van der Waals surface area (Å²) in [6, 6.07) is 14.2. The van der Waals surface area contributed by atoms with Gasteiger partial charge in [-0.3, -0.25) is 9.98 Å². The molecule has 0 radical (unpaired) electrons. The Morgan fingerprint density at radius 3 is 1.54 bits per heavy atom. The second-order valence-electron chi connectivity index (χ2n) is 5.23. The fourth-order valence-corrected chi connectivity index (χ4v) is 2.25. The number of nitrogens with zero attached hydrogens (tertiary/aromatic N) is 2. The van der Waals surface area contributed by atoms with E-state index in [9.17, 15) is 9.59 Å². The van der Waals surface area contributed by atoms with Gasteiger partial charge in [0.15, 0.2) is 0 Å². The maximum absolute atomic E-state index is 11.7. The maximum Gasteiger partial charge on any atom is 0.338 e. The summed E-state index contributed by atoms with van der Waals surface area (Å²) >= 11 is 0. The van der Waals surface area contributed by atoms with Gasteiger partial charge >= 0.3 is 11.9 Å². The summed E-state index contributed by atoms with van der Waals surface area (Å²) in [5.41, 5.74) is 2.32.